The van der Waals surface area contributed by atoms with Crippen LogP contribution in [0.4, 0.5) is 5.00 Å². The Bertz CT molecular complexity index is 964. The molecule has 6 heteroatoms. The fourth-order valence-corrected chi connectivity index (χ4v) is 4.67. The van der Waals surface area contributed by atoms with E-state index in [0.29, 0.717) is 6.54 Å². The monoisotopic (exact) mass is 422 g/mol. The number of rotatable bonds is 7. The van der Waals surface area contributed by atoms with Gasteiger partial charge < -0.3 is 19.7 Å². The lowest BCUT2D eigenvalue weighted by molar-refractivity contribution is 0.0958. The molecule has 1 aromatic heterocycles. The van der Waals surface area contributed by atoms with Crippen LogP contribution in [0.1, 0.15) is 15.2 Å². The second kappa shape index (κ2) is 9.78. The van der Waals surface area contributed by atoms with Crippen LogP contribution in [0.3, 0.4) is 0 Å². The summed E-state index contributed by atoms with van der Waals surface area (Å²) in [6, 6.07) is 20.2. The average molecular weight is 423 g/mol. The third kappa shape index (κ3) is 4.83. The standard InChI is InChI=1S/C24H26N2O3S/c1-28-20-9-7-18(8-10-20)11-12-25-23(27)22-17-21(19-5-3-2-4-6-19)24(30-22)26-13-15-29-16-14-26/h2-10,17H,11-16H2,1H3,(H,25,27). The van der Waals surface area contributed by atoms with Crippen molar-refractivity contribution >= 4 is 22.2 Å². The number of carbonyl (C=O) groups is 1. The first-order chi connectivity index (χ1) is 14.7. The van der Waals surface area contributed by atoms with E-state index in [-0.39, 0.29) is 5.91 Å². The first kappa shape index (κ1) is 20.4. The Balaban J connectivity index is 1.47. The van der Waals surface area contributed by atoms with Gasteiger partial charge in [0.2, 0.25) is 0 Å². The first-order valence-corrected chi connectivity index (χ1v) is 11.0. The van der Waals surface area contributed by atoms with E-state index in [4.69, 9.17) is 9.47 Å². The summed E-state index contributed by atoms with van der Waals surface area (Å²) in [7, 11) is 1.66. The van der Waals surface area contributed by atoms with Gasteiger partial charge in [0.1, 0.15) is 5.75 Å². The Labute approximate surface area is 181 Å². The van der Waals surface area contributed by atoms with Crippen LogP contribution < -0.4 is 15.0 Å². The molecule has 1 aliphatic heterocycles. The van der Waals surface area contributed by atoms with Gasteiger partial charge >= 0.3 is 0 Å². The van der Waals surface area contributed by atoms with Crippen LogP contribution in [-0.2, 0) is 11.2 Å². The van der Waals surface area contributed by atoms with Crippen molar-refractivity contribution < 1.29 is 14.3 Å². The van der Waals surface area contributed by atoms with Crippen molar-refractivity contribution in [2.45, 2.75) is 6.42 Å². The van der Waals surface area contributed by atoms with Crippen molar-refractivity contribution in [3.05, 3.63) is 71.1 Å². The third-order valence-corrected chi connectivity index (χ3v) is 6.37. The van der Waals surface area contributed by atoms with Gasteiger partial charge in [-0.25, -0.2) is 0 Å². The molecule has 0 spiro atoms. The van der Waals surface area contributed by atoms with Crippen molar-refractivity contribution in [3.8, 4) is 16.9 Å². The molecule has 0 saturated carbocycles. The van der Waals surface area contributed by atoms with E-state index in [2.05, 4.69) is 22.3 Å². The fraction of sp³-hybridized carbons (Fsp3) is 0.292. The van der Waals surface area contributed by atoms with E-state index in [0.717, 1.165) is 59.5 Å². The zero-order valence-corrected chi connectivity index (χ0v) is 17.9. The van der Waals surface area contributed by atoms with Gasteiger partial charge in [-0.2, -0.15) is 0 Å². The molecule has 1 fully saturated rings. The summed E-state index contributed by atoms with van der Waals surface area (Å²) in [6.45, 7) is 3.72. The number of nitrogens with zero attached hydrogens (tertiary/aromatic N) is 1. The molecular weight excluding hydrogens is 396 g/mol. The van der Waals surface area contributed by atoms with Crippen molar-refractivity contribution in [1.29, 1.82) is 0 Å². The van der Waals surface area contributed by atoms with Gasteiger partial charge in [-0.1, -0.05) is 42.5 Å². The number of nitrogens with one attached hydrogen (secondary N) is 1. The van der Waals surface area contributed by atoms with Crippen LogP contribution in [0, 0.1) is 0 Å². The van der Waals surface area contributed by atoms with Crippen molar-refractivity contribution in [2.75, 3.05) is 44.9 Å². The van der Waals surface area contributed by atoms with Gasteiger partial charge in [-0.3, -0.25) is 4.79 Å². The maximum Gasteiger partial charge on any atom is 0.261 e. The Kier molecular flexibility index (Phi) is 6.67. The van der Waals surface area contributed by atoms with Crippen molar-refractivity contribution in [3.63, 3.8) is 0 Å². The lowest BCUT2D eigenvalue weighted by Crippen LogP contribution is -2.35. The summed E-state index contributed by atoms with van der Waals surface area (Å²) in [4.78, 5) is 15.9. The molecule has 0 radical (unpaired) electrons. The van der Waals surface area contributed by atoms with Crippen molar-refractivity contribution in [1.82, 2.24) is 5.32 Å². The molecule has 3 aromatic rings. The number of morpholine rings is 1. The van der Waals surface area contributed by atoms with Crippen LogP contribution in [0.2, 0.25) is 0 Å². The molecule has 5 nitrogen and oxygen atoms in total. The average Bonchev–Trinajstić information content (AvgIpc) is 3.26. The zero-order chi connectivity index (χ0) is 20.8. The van der Waals surface area contributed by atoms with Gasteiger partial charge in [0.25, 0.3) is 5.91 Å². The minimum atomic E-state index is -0.0230. The summed E-state index contributed by atoms with van der Waals surface area (Å²) in [5, 5.41) is 4.21. The maximum absolute atomic E-state index is 12.9. The Hall–Kier alpha value is -2.83. The Morgan fingerprint density at radius 3 is 2.53 bits per heavy atom. The number of methoxy groups -OCH3 is 1. The topological polar surface area (TPSA) is 50.8 Å². The summed E-state index contributed by atoms with van der Waals surface area (Å²) in [5.41, 5.74) is 3.41. The fourth-order valence-electron chi connectivity index (χ4n) is 3.52. The lowest BCUT2D eigenvalue weighted by Gasteiger charge is -2.28. The minimum absolute atomic E-state index is 0.0230. The molecule has 0 unspecified atom stereocenters. The highest BCUT2D eigenvalue weighted by Gasteiger charge is 2.21. The second-order valence-corrected chi connectivity index (χ2v) is 8.18. The largest absolute Gasteiger partial charge is 0.497 e. The highest BCUT2D eigenvalue weighted by molar-refractivity contribution is 7.18. The van der Waals surface area contributed by atoms with Gasteiger partial charge in [-0.05, 0) is 35.7 Å². The van der Waals surface area contributed by atoms with Gasteiger partial charge in [-0.15, -0.1) is 11.3 Å². The minimum Gasteiger partial charge on any atom is -0.497 e. The highest BCUT2D eigenvalue weighted by Crippen LogP contribution is 2.39. The normalized spacial score (nSPS) is 13.8. The molecule has 1 amide bonds. The van der Waals surface area contributed by atoms with E-state index >= 15 is 0 Å². The molecule has 0 atom stereocenters. The molecule has 1 aliphatic rings. The van der Waals surface area contributed by atoms with E-state index in [1.54, 1.807) is 18.4 Å². The predicted octanol–water partition coefficient (Wildman–Crippen LogP) is 4.23. The van der Waals surface area contributed by atoms with Crippen LogP contribution >= 0.6 is 11.3 Å². The van der Waals surface area contributed by atoms with Crippen molar-refractivity contribution in [2.24, 2.45) is 0 Å². The smallest absolute Gasteiger partial charge is 0.261 e. The predicted molar refractivity (Wildman–Crippen MR) is 122 cm³/mol. The molecular formula is C24H26N2O3S. The molecule has 0 aliphatic carbocycles. The van der Waals surface area contributed by atoms with Crippen LogP contribution in [0.25, 0.3) is 11.1 Å². The Morgan fingerprint density at radius 2 is 1.83 bits per heavy atom. The molecule has 1 N–H and O–H groups in total. The van der Waals surface area contributed by atoms with E-state index in [1.165, 1.54) is 5.56 Å². The highest BCUT2D eigenvalue weighted by atomic mass is 32.1. The number of anilines is 1. The summed E-state index contributed by atoms with van der Waals surface area (Å²) in [5.74, 6) is 0.815. The molecule has 2 heterocycles. The van der Waals surface area contributed by atoms with Gasteiger partial charge in [0, 0.05) is 25.2 Å². The second-order valence-electron chi connectivity index (χ2n) is 7.15. The zero-order valence-electron chi connectivity index (χ0n) is 17.1. The van der Waals surface area contributed by atoms with Gasteiger partial charge in [0.05, 0.1) is 30.2 Å². The van der Waals surface area contributed by atoms with Crippen LogP contribution in [0.15, 0.2) is 60.7 Å². The third-order valence-electron chi connectivity index (χ3n) is 5.18. The number of ether oxygens (including phenoxy) is 2. The molecule has 1 saturated heterocycles. The molecule has 30 heavy (non-hydrogen) atoms. The number of amides is 1. The Morgan fingerprint density at radius 1 is 1.10 bits per heavy atom. The SMILES string of the molecule is COc1ccc(CCNC(=O)c2cc(-c3ccccc3)c(N3CCOCC3)s2)cc1. The molecule has 2 aromatic carbocycles. The summed E-state index contributed by atoms with van der Waals surface area (Å²) < 4.78 is 10.7. The molecule has 0 bridgehead atoms. The van der Waals surface area contributed by atoms with E-state index < -0.39 is 0 Å². The molecule has 4 rings (SSSR count). The lowest BCUT2D eigenvalue weighted by atomic mass is 10.1. The summed E-state index contributed by atoms with van der Waals surface area (Å²) >= 11 is 1.56. The first-order valence-electron chi connectivity index (χ1n) is 10.2. The van der Waals surface area contributed by atoms with Crippen LogP contribution in [0.5, 0.6) is 5.75 Å². The number of hydrogen-bond donors (Lipinski definition) is 1. The summed E-state index contributed by atoms with van der Waals surface area (Å²) in [6.07, 6.45) is 0.781. The van der Waals surface area contributed by atoms with E-state index in [9.17, 15) is 4.79 Å². The van der Waals surface area contributed by atoms with Gasteiger partial charge in [0.15, 0.2) is 0 Å². The number of benzene rings is 2. The number of carbonyl (C=O) groups excluding carboxylic acids is 1. The quantitative estimate of drug-likeness (QED) is 0.619. The van der Waals surface area contributed by atoms with Crippen LogP contribution in [-0.4, -0.2) is 45.9 Å². The number of hydrogen-bond acceptors (Lipinski definition) is 5. The molecule has 156 valence electrons. The maximum atomic E-state index is 12.9. The number of thiophene rings is 1. The van der Waals surface area contributed by atoms with E-state index in [1.807, 2.05) is 48.5 Å².